The molecule has 1 aromatic rings. The van der Waals surface area contributed by atoms with Gasteiger partial charge in [0.1, 0.15) is 5.82 Å². The van der Waals surface area contributed by atoms with Gasteiger partial charge < -0.3 is 4.74 Å². The van der Waals surface area contributed by atoms with E-state index in [-0.39, 0.29) is 11.9 Å². The van der Waals surface area contributed by atoms with Crippen LogP contribution >= 0.6 is 0 Å². The predicted octanol–water partition coefficient (Wildman–Crippen LogP) is 2.44. The molecule has 17 heavy (non-hydrogen) atoms. The summed E-state index contributed by atoms with van der Waals surface area (Å²) in [7, 11) is 1.64. The summed E-state index contributed by atoms with van der Waals surface area (Å²) in [4.78, 5) is 5.35. The molecular formula is C13H18FNO2. The van der Waals surface area contributed by atoms with Gasteiger partial charge in [0.05, 0.1) is 19.3 Å². The minimum Gasteiger partial charge on any atom is -0.382 e. The Hall–Kier alpha value is -0.970. The fraction of sp³-hybridized carbons (Fsp3) is 0.538. The van der Waals surface area contributed by atoms with Gasteiger partial charge in [0.25, 0.3) is 0 Å². The topological polar surface area (TPSA) is 30.5 Å². The predicted molar refractivity (Wildman–Crippen MR) is 62.8 cm³/mol. The Labute approximate surface area is 101 Å². The molecule has 1 aromatic carbocycles. The van der Waals surface area contributed by atoms with Crippen molar-refractivity contribution < 1.29 is 14.0 Å². The standard InChI is InChI=1S/C13H18FNO2/c1-16-8-9-17-15-13(10-2-3-10)11-4-6-12(14)7-5-11/h4-7,10,13,15H,2-3,8-9H2,1H3. The van der Waals surface area contributed by atoms with Crippen LogP contribution in [0.3, 0.4) is 0 Å². The Kier molecular flexibility index (Phi) is 4.48. The van der Waals surface area contributed by atoms with Gasteiger partial charge in [0, 0.05) is 7.11 Å². The minimum absolute atomic E-state index is 0.160. The third kappa shape index (κ3) is 3.77. The highest BCUT2D eigenvalue weighted by Crippen LogP contribution is 2.40. The van der Waals surface area contributed by atoms with Crippen LogP contribution in [0.1, 0.15) is 24.4 Å². The molecule has 1 aliphatic rings. The minimum atomic E-state index is -0.205. The maximum absolute atomic E-state index is 12.9. The maximum atomic E-state index is 12.9. The summed E-state index contributed by atoms with van der Waals surface area (Å²) >= 11 is 0. The van der Waals surface area contributed by atoms with Crippen LogP contribution in [-0.4, -0.2) is 20.3 Å². The fourth-order valence-electron chi connectivity index (χ4n) is 1.81. The van der Waals surface area contributed by atoms with Crippen molar-refractivity contribution in [2.24, 2.45) is 5.92 Å². The number of halogens is 1. The first-order valence-corrected chi connectivity index (χ1v) is 5.93. The molecule has 1 saturated carbocycles. The number of methoxy groups -OCH3 is 1. The van der Waals surface area contributed by atoms with Crippen molar-refractivity contribution in [3.05, 3.63) is 35.6 Å². The van der Waals surface area contributed by atoms with Gasteiger partial charge in [-0.15, -0.1) is 0 Å². The molecule has 1 unspecified atom stereocenters. The van der Waals surface area contributed by atoms with Crippen LogP contribution in [-0.2, 0) is 9.57 Å². The molecule has 94 valence electrons. The van der Waals surface area contributed by atoms with Gasteiger partial charge in [-0.1, -0.05) is 12.1 Å². The van der Waals surface area contributed by atoms with Crippen LogP contribution in [0.25, 0.3) is 0 Å². The Morgan fingerprint density at radius 1 is 1.29 bits per heavy atom. The number of ether oxygens (including phenoxy) is 1. The first-order valence-electron chi connectivity index (χ1n) is 5.93. The van der Waals surface area contributed by atoms with Crippen molar-refractivity contribution in [3.63, 3.8) is 0 Å². The number of benzene rings is 1. The number of hydrogen-bond acceptors (Lipinski definition) is 3. The summed E-state index contributed by atoms with van der Waals surface area (Å²) in [5.41, 5.74) is 4.13. The van der Waals surface area contributed by atoms with Crippen molar-refractivity contribution in [3.8, 4) is 0 Å². The zero-order valence-electron chi connectivity index (χ0n) is 9.99. The van der Waals surface area contributed by atoms with Gasteiger partial charge >= 0.3 is 0 Å². The summed E-state index contributed by atoms with van der Waals surface area (Å²) < 4.78 is 17.8. The van der Waals surface area contributed by atoms with Crippen LogP contribution in [0.4, 0.5) is 4.39 Å². The molecule has 1 N–H and O–H groups in total. The molecule has 1 aliphatic carbocycles. The summed E-state index contributed by atoms with van der Waals surface area (Å²) in [6, 6.07) is 6.76. The van der Waals surface area contributed by atoms with E-state index in [1.807, 2.05) is 12.1 Å². The molecule has 0 aliphatic heterocycles. The van der Waals surface area contributed by atoms with E-state index in [0.717, 1.165) is 5.56 Å². The van der Waals surface area contributed by atoms with Crippen molar-refractivity contribution in [2.75, 3.05) is 20.3 Å². The average Bonchev–Trinajstić information content (AvgIpc) is 3.15. The lowest BCUT2D eigenvalue weighted by atomic mass is 10.0. The molecule has 4 heteroatoms. The average molecular weight is 239 g/mol. The van der Waals surface area contributed by atoms with Crippen LogP contribution in [0.5, 0.6) is 0 Å². The first kappa shape index (κ1) is 12.5. The number of hydrogen-bond donors (Lipinski definition) is 1. The normalized spacial score (nSPS) is 17.1. The zero-order chi connectivity index (χ0) is 12.1. The van der Waals surface area contributed by atoms with Crippen LogP contribution in [0.15, 0.2) is 24.3 Å². The number of hydroxylamine groups is 1. The van der Waals surface area contributed by atoms with Gasteiger partial charge in [-0.2, -0.15) is 5.48 Å². The van der Waals surface area contributed by atoms with E-state index in [2.05, 4.69) is 5.48 Å². The lowest BCUT2D eigenvalue weighted by Crippen LogP contribution is -2.25. The molecule has 1 atom stereocenters. The van der Waals surface area contributed by atoms with E-state index in [0.29, 0.717) is 19.1 Å². The van der Waals surface area contributed by atoms with Crippen molar-refractivity contribution in [1.29, 1.82) is 0 Å². The molecular weight excluding hydrogens is 221 g/mol. The molecule has 3 nitrogen and oxygen atoms in total. The highest BCUT2D eigenvalue weighted by atomic mass is 19.1. The van der Waals surface area contributed by atoms with Crippen LogP contribution < -0.4 is 5.48 Å². The molecule has 2 rings (SSSR count). The highest BCUT2D eigenvalue weighted by Gasteiger charge is 2.32. The van der Waals surface area contributed by atoms with Crippen molar-refractivity contribution in [2.45, 2.75) is 18.9 Å². The molecule has 0 amide bonds. The summed E-state index contributed by atoms with van der Waals surface area (Å²) in [6.07, 6.45) is 2.39. The molecule has 0 heterocycles. The Balaban J connectivity index is 1.90. The van der Waals surface area contributed by atoms with Gasteiger partial charge in [0.15, 0.2) is 0 Å². The van der Waals surface area contributed by atoms with E-state index in [1.54, 1.807) is 7.11 Å². The largest absolute Gasteiger partial charge is 0.382 e. The first-order chi connectivity index (χ1) is 8.31. The number of nitrogens with one attached hydrogen (secondary N) is 1. The molecule has 0 saturated heterocycles. The van der Waals surface area contributed by atoms with Crippen molar-refractivity contribution >= 4 is 0 Å². The summed E-state index contributed by atoms with van der Waals surface area (Å²) in [5, 5.41) is 0. The van der Waals surface area contributed by atoms with Gasteiger partial charge in [0.2, 0.25) is 0 Å². The molecule has 0 aromatic heterocycles. The Bertz CT molecular complexity index is 338. The van der Waals surface area contributed by atoms with Gasteiger partial charge in [-0.3, -0.25) is 4.84 Å². The molecule has 0 bridgehead atoms. The number of rotatable bonds is 7. The second kappa shape index (κ2) is 6.10. The fourth-order valence-corrected chi connectivity index (χ4v) is 1.81. The quantitative estimate of drug-likeness (QED) is 0.585. The van der Waals surface area contributed by atoms with E-state index in [9.17, 15) is 4.39 Å². The monoisotopic (exact) mass is 239 g/mol. The van der Waals surface area contributed by atoms with Gasteiger partial charge in [-0.25, -0.2) is 4.39 Å². The molecule has 0 radical (unpaired) electrons. The Morgan fingerprint density at radius 3 is 2.59 bits per heavy atom. The van der Waals surface area contributed by atoms with E-state index < -0.39 is 0 Å². The van der Waals surface area contributed by atoms with Crippen LogP contribution in [0.2, 0.25) is 0 Å². The van der Waals surface area contributed by atoms with Gasteiger partial charge in [-0.05, 0) is 36.5 Å². The van der Waals surface area contributed by atoms with E-state index in [4.69, 9.17) is 9.57 Å². The SMILES string of the molecule is COCCONC(c1ccc(F)cc1)C1CC1. The zero-order valence-corrected chi connectivity index (χ0v) is 9.99. The maximum Gasteiger partial charge on any atom is 0.123 e. The second-order valence-electron chi connectivity index (χ2n) is 4.33. The lowest BCUT2D eigenvalue weighted by Gasteiger charge is -2.18. The van der Waals surface area contributed by atoms with E-state index >= 15 is 0 Å². The molecule has 1 fully saturated rings. The third-order valence-electron chi connectivity index (χ3n) is 2.92. The molecule has 0 spiro atoms. The Morgan fingerprint density at radius 2 is 2.00 bits per heavy atom. The second-order valence-corrected chi connectivity index (χ2v) is 4.33. The summed E-state index contributed by atoms with van der Waals surface area (Å²) in [6.45, 7) is 1.08. The van der Waals surface area contributed by atoms with Crippen LogP contribution in [0, 0.1) is 11.7 Å². The summed E-state index contributed by atoms with van der Waals surface area (Å²) in [5.74, 6) is 0.395. The van der Waals surface area contributed by atoms with E-state index in [1.165, 1.54) is 25.0 Å². The third-order valence-corrected chi connectivity index (χ3v) is 2.92. The lowest BCUT2D eigenvalue weighted by molar-refractivity contribution is -0.0165. The highest BCUT2D eigenvalue weighted by molar-refractivity contribution is 5.21. The van der Waals surface area contributed by atoms with Crippen molar-refractivity contribution in [1.82, 2.24) is 5.48 Å². The smallest absolute Gasteiger partial charge is 0.123 e.